The fraction of sp³-hybridized carbons (Fsp3) is 0.467. The van der Waals surface area contributed by atoms with Gasteiger partial charge in [0.25, 0.3) is 0 Å². The Labute approximate surface area is 103 Å². The second-order valence-corrected chi connectivity index (χ2v) is 4.38. The smallest absolute Gasteiger partial charge is 0.0732 e. The molecule has 0 aromatic heterocycles. The number of nitrogens with two attached hydrogens (primary N) is 1. The molecule has 0 spiro atoms. The van der Waals surface area contributed by atoms with Crippen LogP contribution in [0.1, 0.15) is 36.8 Å². The van der Waals surface area contributed by atoms with Crippen molar-refractivity contribution in [1.82, 2.24) is 0 Å². The van der Waals surface area contributed by atoms with Crippen molar-refractivity contribution in [3.8, 4) is 11.8 Å². The third-order valence-electron chi connectivity index (χ3n) is 3.12. The van der Waals surface area contributed by atoms with Crippen molar-refractivity contribution in [3.05, 3.63) is 35.4 Å². The van der Waals surface area contributed by atoms with Crippen LogP contribution < -0.4 is 5.73 Å². The first-order chi connectivity index (χ1) is 8.40. The molecule has 1 aliphatic rings. The highest BCUT2D eigenvalue weighted by Crippen LogP contribution is 2.22. The van der Waals surface area contributed by atoms with E-state index in [0.717, 1.165) is 5.56 Å². The normalized spacial score (nSPS) is 15.6. The topological polar surface area (TPSA) is 35.2 Å². The average molecular weight is 229 g/mol. The largest absolute Gasteiger partial charge is 0.373 e. The van der Waals surface area contributed by atoms with Crippen molar-refractivity contribution in [2.75, 3.05) is 6.54 Å². The Balaban J connectivity index is 1.98. The monoisotopic (exact) mass is 229 g/mol. The van der Waals surface area contributed by atoms with Crippen LogP contribution in [0.4, 0.5) is 0 Å². The van der Waals surface area contributed by atoms with E-state index in [0.29, 0.717) is 19.3 Å². The summed E-state index contributed by atoms with van der Waals surface area (Å²) in [7, 11) is 0. The van der Waals surface area contributed by atoms with Crippen LogP contribution in [0.2, 0.25) is 0 Å². The zero-order valence-electron chi connectivity index (χ0n) is 10.1. The van der Waals surface area contributed by atoms with Crippen LogP contribution in [-0.4, -0.2) is 12.6 Å². The highest BCUT2D eigenvalue weighted by molar-refractivity contribution is 5.41. The molecule has 90 valence electrons. The highest BCUT2D eigenvalue weighted by Gasteiger charge is 2.15. The Morgan fingerprint density at radius 3 is 2.76 bits per heavy atom. The molecule has 17 heavy (non-hydrogen) atoms. The van der Waals surface area contributed by atoms with Crippen molar-refractivity contribution < 1.29 is 4.74 Å². The van der Waals surface area contributed by atoms with E-state index in [9.17, 15) is 0 Å². The quantitative estimate of drug-likeness (QED) is 0.808. The zero-order valence-corrected chi connectivity index (χ0v) is 10.1. The molecule has 2 rings (SSSR count). The number of rotatable bonds is 3. The van der Waals surface area contributed by atoms with E-state index >= 15 is 0 Å². The van der Waals surface area contributed by atoms with Gasteiger partial charge in [-0.1, -0.05) is 42.9 Å². The second kappa shape index (κ2) is 6.44. The van der Waals surface area contributed by atoms with E-state index in [1.807, 2.05) is 18.2 Å². The third-order valence-corrected chi connectivity index (χ3v) is 3.12. The van der Waals surface area contributed by atoms with Crippen molar-refractivity contribution in [1.29, 1.82) is 0 Å². The minimum absolute atomic E-state index is 0.401. The Bertz CT molecular complexity index is 410. The molecular weight excluding hydrogens is 210 g/mol. The molecule has 0 radical (unpaired) electrons. The molecule has 0 unspecified atom stereocenters. The summed E-state index contributed by atoms with van der Waals surface area (Å²) in [5, 5.41) is 0. The molecule has 1 aromatic rings. The molecule has 1 aliphatic carbocycles. The van der Waals surface area contributed by atoms with Gasteiger partial charge in [0.05, 0.1) is 19.3 Å². The maximum atomic E-state index is 5.91. The van der Waals surface area contributed by atoms with E-state index < -0.39 is 0 Å². The van der Waals surface area contributed by atoms with Gasteiger partial charge in [-0.05, 0) is 24.5 Å². The first-order valence-corrected chi connectivity index (χ1v) is 6.28. The fourth-order valence-electron chi connectivity index (χ4n) is 2.18. The maximum Gasteiger partial charge on any atom is 0.0732 e. The zero-order chi connectivity index (χ0) is 11.9. The molecule has 1 fully saturated rings. The molecule has 2 N–H and O–H groups in total. The van der Waals surface area contributed by atoms with Gasteiger partial charge in [-0.25, -0.2) is 0 Å². The van der Waals surface area contributed by atoms with Gasteiger partial charge in [0.1, 0.15) is 0 Å². The van der Waals surface area contributed by atoms with Gasteiger partial charge in [-0.2, -0.15) is 0 Å². The van der Waals surface area contributed by atoms with Crippen LogP contribution in [0.3, 0.4) is 0 Å². The lowest BCUT2D eigenvalue weighted by Gasteiger charge is -2.12. The summed E-state index contributed by atoms with van der Waals surface area (Å²) in [5.41, 5.74) is 7.60. The number of benzene rings is 1. The molecular formula is C15H19NO. The minimum Gasteiger partial charge on any atom is -0.373 e. The van der Waals surface area contributed by atoms with Crippen molar-refractivity contribution in [2.24, 2.45) is 5.73 Å². The van der Waals surface area contributed by atoms with Crippen LogP contribution in [-0.2, 0) is 11.3 Å². The van der Waals surface area contributed by atoms with E-state index in [4.69, 9.17) is 10.5 Å². The Hall–Kier alpha value is -1.30. The number of hydrogen-bond donors (Lipinski definition) is 1. The molecule has 1 saturated carbocycles. The predicted octanol–water partition coefficient (Wildman–Crippen LogP) is 2.46. The summed E-state index contributed by atoms with van der Waals surface area (Å²) in [6.45, 7) is 1.07. The average Bonchev–Trinajstić information content (AvgIpc) is 2.88. The van der Waals surface area contributed by atoms with Crippen molar-refractivity contribution >= 4 is 0 Å². The van der Waals surface area contributed by atoms with Crippen molar-refractivity contribution in [2.45, 2.75) is 38.4 Å². The Kier molecular flexibility index (Phi) is 4.61. The lowest BCUT2D eigenvalue weighted by Crippen LogP contribution is -2.07. The molecule has 0 bridgehead atoms. The number of hydrogen-bond acceptors (Lipinski definition) is 2. The number of ether oxygens (including phenoxy) is 1. The van der Waals surface area contributed by atoms with E-state index in [-0.39, 0.29) is 0 Å². The molecule has 0 saturated heterocycles. The molecule has 2 heteroatoms. The van der Waals surface area contributed by atoms with Gasteiger partial charge in [-0.15, -0.1) is 0 Å². The Morgan fingerprint density at radius 2 is 2.00 bits per heavy atom. The lowest BCUT2D eigenvalue weighted by atomic mass is 10.1. The van der Waals surface area contributed by atoms with Gasteiger partial charge < -0.3 is 10.5 Å². The van der Waals surface area contributed by atoms with Gasteiger partial charge in [0, 0.05) is 5.56 Å². The molecule has 1 aromatic carbocycles. The maximum absolute atomic E-state index is 5.91. The summed E-state index contributed by atoms with van der Waals surface area (Å²) < 4.78 is 5.91. The van der Waals surface area contributed by atoms with Crippen LogP contribution in [0.25, 0.3) is 0 Å². The molecule has 0 amide bonds. The van der Waals surface area contributed by atoms with Crippen LogP contribution in [0.15, 0.2) is 24.3 Å². The van der Waals surface area contributed by atoms with Crippen LogP contribution >= 0.6 is 0 Å². The fourth-order valence-corrected chi connectivity index (χ4v) is 2.18. The summed E-state index contributed by atoms with van der Waals surface area (Å²) in [6.07, 6.45) is 5.47. The summed E-state index contributed by atoms with van der Waals surface area (Å²) in [6, 6.07) is 8.13. The lowest BCUT2D eigenvalue weighted by molar-refractivity contribution is 0.0456. The standard InChI is InChI=1S/C15H19NO/c16-11-5-8-13-6-1-2-7-14(13)12-17-15-9-3-4-10-15/h1-2,6-7,15H,3-4,9-12,16H2. The summed E-state index contributed by atoms with van der Waals surface area (Å²) in [5.74, 6) is 5.99. The Morgan fingerprint density at radius 1 is 1.24 bits per heavy atom. The second-order valence-electron chi connectivity index (χ2n) is 4.38. The van der Waals surface area contributed by atoms with Crippen molar-refractivity contribution in [3.63, 3.8) is 0 Å². The molecule has 0 aliphatic heterocycles. The van der Waals surface area contributed by atoms with E-state index in [2.05, 4.69) is 17.9 Å². The third kappa shape index (κ3) is 3.59. The van der Waals surface area contributed by atoms with E-state index in [1.54, 1.807) is 0 Å². The van der Waals surface area contributed by atoms with E-state index in [1.165, 1.54) is 31.2 Å². The molecule has 2 nitrogen and oxygen atoms in total. The highest BCUT2D eigenvalue weighted by atomic mass is 16.5. The van der Waals surface area contributed by atoms with Gasteiger partial charge in [0.15, 0.2) is 0 Å². The van der Waals surface area contributed by atoms with Crippen LogP contribution in [0, 0.1) is 11.8 Å². The summed E-state index contributed by atoms with van der Waals surface area (Å²) >= 11 is 0. The van der Waals surface area contributed by atoms with Gasteiger partial charge in [0.2, 0.25) is 0 Å². The molecule has 0 heterocycles. The SMILES string of the molecule is NCC#Cc1ccccc1COC1CCCC1. The predicted molar refractivity (Wildman–Crippen MR) is 69.4 cm³/mol. The first-order valence-electron chi connectivity index (χ1n) is 6.28. The van der Waals surface area contributed by atoms with Gasteiger partial charge >= 0.3 is 0 Å². The minimum atomic E-state index is 0.401. The summed E-state index contributed by atoms with van der Waals surface area (Å²) in [4.78, 5) is 0. The van der Waals surface area contributed by atoms with Gasteiger partial charge in [-0.3, -0.25) is 0 Å². The van der Waals surface area contributed by atoms with Crippen LogP contribution in [0.5, 0.6) is 0 Å². The molecule has 0 atom stereocenters. The first kappa shape index (κ1) is 12.2.